The molecule has 0 fully saturated rings. The third kappa shape index (κ3) is 3.44. The smallest absolute Gasteiger partial charge is 0.422 e. The van der Waals surface area contributed by atoms with E-state index in [1.54, 1.807) is 12.1 Å². The van der Waals surface area contributed by atoms with Crippen molar-refractivity contribution in [3.8, 4) is 5.88 Å². The topological polar surface area (TPSA) is 59.5 Å². The lowest BCUT2D eigenvalue weighted by molar-refractivity contribution is -0.154. The minimum atomic E-state index is -4.62. The summed E-state index contributed by atoms with van der Waals surface area (Å²) in [6.45, 7) is -1.93. The normalized spacial score (nSPS) is 14.0. The molecule has 0 bridgehead atoms. The third-order valence-corrected chi connectivity index (χ3v) is 3.46. The quantitative estimate of drug-likeness (QED) is 0.626. The fraction of sp³-hybridized carbons (Fsp3) is 0.188. The van der Waals surface area contributed by atoms with Crippen LogP contribution in [-0.4, -0.2) is 34.5 Å². The second kappa shape index (κ2) is 6.15. The molecule has 3 rings (SSSR count). The minimum absolute atomic E-state index is 0.145. The average Bonchev–Trinajstić information content (AvgIpc) is 2.79. The van der Waals surface area contributed by atoms with Gasteiger partial charge in [0.25, 0.3) is 17.7 Å². The summed E-state index contributed by atoms with van der Waals surface area (Å²) in [6.07, 6.45) is -3.56. The summed E-state index contributed by atoms with van der Waals surface area (Å²) in [5.74, 6) is -2.97. The second-order valence-electron chi connectivity index (χ2n) is 5.28. The van der Waals surface area contributed by atoms with Gasteiger partial charge in [-0.1, -0.05) is 12.1 Å². The van der Waals surface area contributed by atoms with Crippen molar-refractivity contribution in [3.63, 3.8) is 0 Å². The minimum Gasteiger partial charge on any atom is -0.466 e. The Morgan fingerprint density at radius 2 is 1.68 bits per heavy atom. The summed E-state index contributed by atoms with van der Waals surface area (Å²) in [5, 5.41) is 0. The molecule has 1 aliphatic rings. The van der Waals surface area contributed by atoms with Crippen LogP contribution in [0.3, 0.4) is 0 Å². The molecule has 130 valence electrons. The SMILES string of the molecule is O=C1c2ccccc2C(=O)N1Cc1cnc(OCC(F)(F)F)c(F)c1. The van der Waals surface area contributed by atoms with E-state index in [2.05, 4.69) is 9.72 Å². The van der Waals surface area contributed by atoms with Crippen LogP contribution in [-0.2, 0) is 6.54 Å². The third-order valence-electron chi connectivity index (χ3n) is 3.46. The van der Waals surface area contributed by atoms with E-state index in [1.165, 1.54) is 12.1 Å². The molecule has 2 aromatic rings. The van der Waals surface area contributed by atoms with Gasteiger partial charge in [0.1, 0.15) is 0 Å². The van der Waals surface area contributed by atoms with Crippen LogP contribution in [0.4, 0.5) is 17.6 Å². The van der Waals surface area contributed by atoms with Gasteiger partial charge < -0.3 is 4.74 Å². The molecule has 5 nitrogen and oxygen atoms in total. The summed E-state index contributed by atoms with van der Waals surface area (Å²) in [5.41, 5.74) is 0.628. The van der Waals surface area contributed by atoms with Gasteiger partial charge in [0.2, 0.25) is 0 Å². The highest BCUT2D eigenvalue weighted by Crippen LogP contribution is 2.25. The lowest BCUT2D eigenvalue weighted by Crippen LogP contribution is -2.29. The Morgan fingerprint density at radius 3 is 2.20 bits per heavy atom. The fourth-order valence-electron chi connectivity index (χ4n) is 2.37. The van der Waals surface area contributed by atoms with Gasteiger partial charge in [-0.05, 0) is 23.8 Å². The van der Waals surface area contributed by atoms with Crippen molar-refractivity contribution >= 4 is 11.8 Å². The first-order valence-electron chi connectivity index (χ1n) is 7.05. The van der Waals surface area contributed by atoms with Crippen molar-refractivity contribution in [2.75, 3.05) is 6.61 Å². The molecular formula is C16H10F4N2O3. The Labute approximate surface area is 138 Å². The number of amides is 2. The number of halogens is 4. The van der Waals surface area contributed by atoms with Crippen LogP contribution in [0.1, 0.15) is 26.3 Å². The number of alkyl halides is 3. The van der Waals surface area contributed by atoms with Crippen LogP contribution in [0.2, 0.25) is 0 Å². The lowest BCUT2D eigenvalue weighted by Gasteiger charge is -2.14. The Morgan fingerprint density at radius 1 is 1.08 bits per heavy atom. The molecule has 1 aromatic heterocycles. The number of nitrogens with zero attached hydrogens (tertiary/aromatic N) is 2. The van der Waals surface area contributed by atoms with Gasteiger partial charge in [-0.3, -0.25) is 14.5 Å². The number of carbonyl (C=O) groups excluding carboxylic acids is 2. The predicted molar refractivity (Wildman–Crippen MR) is 76.4 cm³/mol. The summed E-state index contributed by atoms with van der Waals surface area (Å²) >= 11 is 0. The van der Waals surface area contributed by atoms with Crippen molar-refractivity contribution in [3.05, 3.63) is 59.0 Å². The molecule has 0 spiro atoms. The Balaban J connectivity index is 1.75. The standard InChI is InChI=1S/C16H10F4N2O3/c17-12-5-9(6-21-13(12)25-8-16(18,19)20)7-22-14(23)10-3-1-2-4-11(10)15(22)24/h1-6H,7-8H2. The van der Waals surface area contributed by atoms with Crippen molar-refractivity contribution < 1.29 is 31.9 Å². The molecule has 1 aromatic carbocycles. The molecule has 1 aliphatic heterocycles. The van der Waals surface area contributed by atoms with Gasteiger partial charge >= 0.3 is 6.18 Å². The molecule has 0 saturated heterocycles. The van der Waals surface area contributed by atoms with E-state index in [0.29, 0.717) is 0 Å². The summed E-state index contributed by atoms with van der Waals surface area (Å²) in [7, 11) is 0. The maximum atomic E-state index is 13.8. The van der Waals surface area contributed by atoms with Gasteiger partial charge in [-0.2, -0.15) is 13.2 Å². The van der Waals surface area contributed by atoms with E-state index < -0.39 is 36.3 Å². The molecule has 0 atom stereocenters. The van der Waals surface area contributed by atoms with Gasteiger partial charge in [-0.25, -0.2) is 9.37 Å². The van der Waals surface area contributed by atoms with Gasteiger partial charge in [0.15, 0.2) is 12.4 Å². The van der Waals surface area contributed by atoms with Crippen molar-refractivity contribution in [1.82, 2.24) is 9.88 Å². The summed E-state index contributed by atoms with van der Waals surface area (Å²) < 4.78 is 54.3. The zero-order valence-corrected chi connectivity index (χ0v) is 12.5. The molecule has 9 heteroatoms. The second-order valence-corrected chi connectivity index (χ2v) is 5.28. The molecule has 0 N–H and O–H groups in total. The zero-order chi connectivity index (χ0) is 18.2. The number of imide groups is 1. The Hall–Kier alpha value is -2.97. The number of carbonyl (C=O) groups is 2. The lowest BCUT2D eigenvalue weighted by atomic mass is 10.1. The predicted octanol–water partition coefficient (Wildman–Crippen LogP) is 2.96. The van der Waals surface area contributed by atoms with Gasteiger partial charge in [0.05, 0.1) is 17.7 Å². The highest BCUT2D eigenvalue weighted by atomic mass is 19.4. The van der Waals surface area contributed by atoms with E-state index in [0.717, 1.165) is 17.2 Å². The number of fused-ring (bicyclic) bond motifs is 1. The molecule has 2 heterocycles. The molecule has 0 saturated carbocycles. The van der Waals surface area contributed by atoms with Crippen LogP contribution in [0.5, 0.6) is 5.88 Å². The van der Waals surface area contributed by atoms with Crippen molar-refractivity contribution in [1.29, 1.82) is 0 Å². The van der Waals surface area contributed by atoms with Gasteiger partial charge in [-0.15, -0.1) is 0 Å². The van der Waals surface area contributed by atoms with Gasteiger partial charge in [0, 0.05) is 6.20 Å². The van der Waals surface area contributed by atoms with Crippen LogP contribution >= 0.6 is 0 Å². The van der Waals surface area contributed by atoms with Crippen molar-refractivity contribution in [2.45, 2.75) is 12.7 Å². The van der Waals surface area contributed by atoms with Crippen molar-refractivity contribution in [2.24, 2.45) is 0 Å². The molecular weight excluding hydrogens is 344 g/mol. The number of aromatic nitrogens is 1. The highest BCUT2D eigenvalue weighted by Gasteiger charge is 2.35. The number of hydrogen-bond donors (Lipinski definition) is 0. The van der Waals surface area contributed by atoms with E-state index in [-0.39, 0.29) is 23.2 Å². The van der Waals surface area contributed by atoms with E-state index in [4.69, 9.17) is 0 Å². The Kier molecular flexibility index (Phi) is 4.15. The number of pyridine rings is 1. The number of rotatable bonds is 4. The van der Waals surface area contributed by atoms with Crippen LogP contribution < -0.4 is 4.74 Å². The first-order chi connectivity index (χ1) is 11.8. The number of ether oxygens (including phenoxy) is 1. The molecule has 25 heavy (non-hydrogen) atoms. The molecule has 0 radical (unpaired) electrons. The number of hydrogen-bond acceptors (Lipinski definition) is 4. The Bertz CT molecular complexity index is 817. The van der Waals surface area contributed by atoms with Crippen LogP contribution in [0.25, 0.3) is 0 Å². The summed E-state index contributed by atoms with van der Waals surface area (Å²) in [6, 6.07) is 7.11. The fourth-order valence-corrected chi connectivity index (χ4v) is 2.37. The van der Waals surface area contributed by atoms with Crippen LogP contribution in [0.15, 0.2) is 36.5 Å². The first-order valence-corrected chi connectivity index (χ1v) is 7.05. The number of benzene rings is 1. The average molecular weight is 354 g/mol. The van der Waals surface area contributed by atoms with Crippen LogP contribution in [0, 0.1) is 5.82 Å². The van der Waals surface area contributed by atoms with E-state index in [1.807, 2.05) is 0 Å². The maximum absolute atomic E-state index is 13.8. The monoisotopic (exact) mass is 354 g/mol. The summed E-state index contributed by atoms with van der Waals surface area (Å²) in [4.78, 5) is 28.8. The zero-order valence-electron chi connectivity index (χ0n) is 12.5. The van der Waals surface area contributed by atoms with E-state index >= 15 is 0 Å². The molecule has 0 aliphatic carbocycles. The maximum Gasteiger partial charge on any atom is 0.422 e. The largest absolute Gasteiger partial charge is 0.466 e. The highest BCUT2D eigenvalue weighted by molar-refractivity contribution is 6.21. The first kappa shape index (κ1) is 16.9. The van der Waals surface area contributed by atoms with E-state index in [9.17, 15) is 27.2 Å². The molecule has 0 unspecified atom stereocenters. The molecule has 2 amide bonds.